The summed E-state index contributed by atoms with van der Waals surface area (Å²) in [5.41, 5.74) is -0.179. The number of amides is 2. The van der Waals surface area contributed by atoms with Gasteiger partial charge < -0.3 is 10.6 Å². The van der Waals surface area contributed by atoms with E-state index in [0.29, 0.717) is 22.5 Å². The molecule has 2 aromatic rings. The summed E-state index contributed by atoms with van der Waals surface area (Å²) in [6, 6.07) is 1.96. The molecule has 0 spiro atoms. The van der Waals surface area contributed by atoms with Gasteiger partial charge in [-0.1, -0.05) is 11.3 Å². The summed E-state index contributed by atoms with van der Waals surface area (Å²) >= 11 is 1.02. The number of aromatic nitrogens is 1. The molecule has 0 saturated heterocycles. The highest BCUT2D eigenvalue weighted by molar-refractivity contribution is 7.22. The Morgan fingerprint density at radius 3 is 2.41 bits per heavy atom. The van der Waals surface area contributed by atoms with Gasteiger partial charge in [-0.3, -0.25) is 9.59 Å². The first-order chi connectivity index (χ1) is 13.9. The maximum absolute atomic E-state index is 13.7. The molecule has 5 nitrogen and oxygen atoms in total. The second-order valence-electron chi connectivity index (χ2n) is 9.01. The lowest BCUT2D eigenvalue weighted by molar-refractivity contribution is -0.146. The molecule has 4 saturated carbocycles. The van der Waals surface area contributed by atoms with Crippen LogP contribution in [-0.2, 0) is 9.59 Å². The molecule has 154 valence electrons. The second kappa shape index (κ2) is 7.00. The average molecular weight is 419 g/mol. The number of nitrogens with zero attached hydrogens (tertiary/aromatic N) is 1. The van der Waals surface area contributed by atoms with Crippen molar-refractivity contribution in [3.05, 3.63) is 23.8 Å². The predicted molar refractivity (Wildman–Crippen MR) is 106 cm³/mol. The standard InChI is InChI=1S/C21H23F2N3O2S/c22-14-6-15(23)18-16(7-14)29-20(26-18)25-17(27)1-2-24-19(28)21-8-11-3-12(9-21)5-13(4-11)10-21/h6-7,11-13H,1-5,8-10H2,(H,24,28)(H,25,26,27). The van der Waals surface area contributed by atoms with E-state index in [2.05, 4.69) is 15.6 Å². The van der Waals surface area contributed by atoms with E-state index in [-0.39, 0.29) is 40.8 Å². The largest absolute Gasteiger partial charge is 0.355 e. The van der Waals surface area contributed by atoms with E-state index in [9.17, 15) is 18.4 Å². The number of fused-ring (bicyclic) bond motifs is 1. The molecule has 2 amide bonds. The minimum atomic E-state index is -0.750. The van der Waals surface area contributed by atoms with Crippen LogP contribution in [0, 0.1) is 34.8 Å². The number of halogens is 2. The summed E-state index contributed by atoms with van der Waals surface area (Å²) in [6.45, 7) is 0.264. The van der Waals surface area contributed by atoms with Gasteiger partial charge in [0.2, 0.25) is 11.8 Å². The summed E-state index contributed by atoms with van der Waals surface area (Å²) in [5, 5.41) is 5.81. The zero-order valence-corrected chi connectivity index (χ0v) is 16.8. The monoisotopic (exact) mass is 419 g/mol. The van der Waals surface area contributed by atoms with E-state index in [1.807, 2.05) is 0 Å². The van der Waals surface area contributed by atoms with Gasteiger partial charge in [-0.25, -0.2) is 13.8 Å². The Kier molecular flexibility index (Phi) is 4.57. The molecule has 4 fully saturated rings. The van der Waals surface area contributed by atoms with Crippen LogP contribution < -0.4 is 10.6 Å². The molecule has 1 aromatic heterocycles. The molecule has 1 aromatic carbocycles. The van der Waals surface area contributed by atoms with Gasteiger partial charge in [-0.2, -0.15) is 0 Å². The van der Waals surface area contributed by atoms with E-state index >= 15 is 0 Å². The number of hydrogen-bond acceptors (Lipinski definition) is 4. The molecule has 2 N–H and O–H groups in total. The van der Waals surface area contributed by atoms with Gasteiger partial charge in [0.1, 0.15) is 11.3 Å². The fraction of sp³-hybridized carbons (Fsp3) is 0.571. The predicted octanol–water partition coefficient (Wildman–Crippen LogP) is 4.24. The minimum Gasteiger partial charge on any atom is -0.355 e. The molecule has 29 heavy (non-hydrogen) atoms. The third-order valence-electron chi connectivity index (χ3n) is 6.82. The van der Waals surface area contributed by atoms with Crippen LogP contribution in [0.1, 0.15) is 44.9 Å². The maximum Gasteiger partial charge on any atom is 0.227 e. The van der Waals surface area contributed by atoms with E-state index in [1.165, 1.54) is 25.3 Å². The van der Waals surface area contributed by atoms with Crippen LogP contribution in [0.2, 0.25) is 0 Å². The number of rotatable bonds is 5. The quantitative estimate of drug-likeness (QED) is 0.762. The van der Waals surface area contributed by atoms with Crippen LogP contribution in [0.15, 0.2) is 12.1 Å². The van der Waals surface area contributed by atoms with Crippen LogP contribution in [-0.4, -0.2) is 23.3 Å². The van der Waals surface area contributed by atoms with Gasteiger partial charge >= 0.3 is 0 Å². The topological polar surface area (TPSA) is 71.1 Å². The fourth-order valence-electron chi connectivity index (χ4n) is 6.06. The van der Waals surface area contributed by atoms with Crippen LogP contribution in [0.25, 0.3) is 10.2 Å². The second-order valence-corrected chi connectivity index (χ2v) is 10.0. The Bertz CT molecular complexity index is 954. The summed E-state index contributed by atoms with van der Waals surface area (Å²) in [5.74, 6) is 0.444. The number of hydrogen-bond donors (Lipinski definition) is 2. The molecular formula is C21H23F2N3O2S. The molecule has 6 rings (SSSR count). The number of anilines is 1. The number of benzene rings is 1. The van der Waals surface area contributed by atoms with Crippen molar-refractivity contribution in [2.24, 2.45) is 23.2 Å². The molecule has 0 radical (unpaired) electrons. The zero-order chi connectivity index (χ0) is 20.2. The Morgan fingerprint density at radius 1 is 1.10 bits per heavy atom. The summed E-state index contributed by atoms with van der Waals surface area (Å²) in [6.07, 6.45) is 6.93. The Morgan fingerprint density at radius 2 is 1.76 bits per heavy atom. The molecule has 8 heteroatoms. The number of thiazole rings is 1. The molecule has 1 heterocycles. The van der Waals surface area contributed by atoms with E-state index in [0.717, 1.165) is 36.7 Å². The Hall–Kier alpha value is -2.09. The van der Waals surface area contributed by atoms with Crippen molar-refractivity contribution in [3.63, 3.8) is 0 Å². The Labute approximate surface area is 171 Å². The maximum atomic E-state index is 13.7. The SMILES string of the molecule is O=C(CCNC(=O)C12CC3CC(CC(C3)C1)C2)Nc1nc2c(F)cc(F)cc2s1. The van der Waals surface area contributed by atoms with Gasteiger partial charge in [-0.15, -0.1) is 0 Å². The van der Waals surface area contributed by atoms with Crippen LogP contribution in [0.3, 0.4) is 0 Å². The summed E-state index contributed by atoms with van der Waals surface area (Å²) in [4.78, 5) is 29.1. The molecule has 0 unspecified atom stereocenters. The average Bonchev–Trinajstić information content (AvgIpc) is 3.03. The van der Waals surface area contributed by atoms with Crippen molar-refractivity contribution in [3.8, 4) is 0 Å². The third kappa shape index (κ3) is 3.52. The fourth-order valence-corrected chi connectivity index (χ4v) is 6.98. The smallest absolute Gasteiger partial charge is 0.227 e. The molecule has 4 aliphatic rings. The van der Waals surface area contributed by atoms with Crippen molar-refractivity contribution in [2.75, 3.05) is 11.9 Å². The lowest BCUT2D eigenvalue weighted by atomic mass is 9.49. The van der Waals surface area contributed by atoms with Crippen molar-refractivity contribution < 1.29 is 18.4 Å². The van der Waals surface area contributed by atoms with Crippen LogP contribution in [0.4, 0.5) is 13.9 Å². The van der Waals surface area contributed by atoms with Crippen LogP contribution >= 0.6 is 11.3 Å². The highest BCUT2D eigenvalue weighted by Crippen LogP contribution is 2.60. The van der Waals surface area contributed by atoms with Crippen molar-refractivity contribution in [2.45, 2.75) is 44.9 Å². The van der Waals surface area contributed by atoms with E-state index in [1.54, 1.807) is 0 Å². The van der Waals surface area contributed by atoms with Gasteiger partial charge in [0, 0.05) is 24.4 Å². The van der Waals surface area contributed by atoms with E-state index in [4.69, 9.17) is 0 Å². The number of carbonyl (C=O) groups excluding carboxylic acids is 2. The first kappa shape index (κ1) is 18.9. The summed E-state index contributed by atoms with van der Waals surface area (Å²) in [7, 11) is 0. The number of carbonyl (C=O) groups is 2. The van der Waals surface area contributed by atoms with Gasteiger partial charge in [0.05, 0.1) is 4.70 Å². The number of nitrogens with one attached hydrogen (secondary N) is 2. The zero-order valence-electron chi connectivity index (χ0n) is 16.0. The molecule has 4 aliphatic carbocycles. The van der Waals surface area contributed by atoms with Crippen LogP contribution in [0.5, 0.6) is 0 Å². The van der Waals surface area contributed by atoms with Gasteiger partial charge in [0.15, 0.2) is 10.9 Å². The Balaban J connectivity index is 1.16. The molecule has 4 bridgehead atoms. The third-order valence-corrected chi connectivity index (χ3v) is 7.73. The first-order valence-electron chi connectivity index (χ1n) is 10.2. The van der Waals surface area contributed by atoms with Gasteiger partial charge in [0.25, 0.3) is 0 Å². The van der Waals surface area contributed by atoms with E-state index < -0.39 is 11.6 Å². The molecule has 0 atom stereocenters. The first-order valence-corrected chi connectivity index (χ1v) is 11.1. The highest BCUT2D eigenvalue weighted by Gasteiger charge is 2.54. The summed E-state index contributed by atoms with van der Waals surface area (Å²) < 4.78 is 27.4. The van der Waals surface area contributed by atoms with Crippen molar-refractivity contribution >= 4 is 38.5 Å². The molecule has 0 aliphatic heterocycles. The normalized spacial score (nSPS) is 29.9. The van der Waals surface area contributed by atoms with Gasteiger partial charge in [-0.05, 0) is 62.3 Å². The lowest BCUT2D eigenvalue weighted by Crippen LogP contribution is -2.53. The lowest BCUT2D eigenvalue weighted by Gasteiger charge is -2.55. The van der Waals surface area contributed by atoms with Crippen molar-refractivity contribution in [1.82, 2.24) is 10.3 Å². The minimum absolute atomic E-state index is 0.0434. The highest BCUT2D eigenvalue weighted by atomic mass is 32.1. The molecular weight excluding hydrogens is 396 g/mol. The van der Waals surface area contributed by atoms with Crippen molar-refractivity contribution in [1.29, 1.82) is 0 Å².